The van der Waals surface area contributed by atoms with Gasteiger partial charge in [-0.1, -0.05) is 59.3 Å². The summed E-state index contributed by atoms with van der Waals surface area (Å²) >= 11 is 9.04. The monoisotopic (exact) mass is 664 g/mol. The maximum Gasteiger partial charge on any atom is 0.305 e. The molecule has 1 aromatic heterocycles. The van der Waals surface area contributed by atoms with Crippen molar-refractivity contribution in [2.24, 2.45) is 0 Å². The number of thiazole rings is 1. The summed E-state index contributed by atoms with van der Waals surface area (Å²) in [4.78, 5) is 25.0. The number of sulfonamides is 1. The Balaban J connectivity index is 0.000000292. The second-order valence-corrected chi connectivity index (χ2v) is 13.9. The zero-order chi connectivity index (χ0) is 30.8. The van der Waals surface area contributed by atoms with E-state index in [1.54, 1.807) is 18.2 Å². The largest absolute Gasteiger partial charge is 0.506 e. The summed E-state index contributed by atoms with van der Waals surface area (Å²) in [7, 11) is -3.55. The first-order valence-corrected chi connectivity index (χ1v) is 17.4. The number of aromatic hydroxyl groups is 1. The van der Waals surface area contributed by atoms with Gasteiger partial charge in [-0.05, 0) is 61.5 Å². The fraction of sp³-hybridized carbons (Fsp3) is 0.310. The van der Waals surface area contributed by atoms with Gasteiger partial charge < -0.3 is 25.8 Å². The fourth-order valence-electron chi connectivity index (χ4n) is 4.37. The van der Waals surface area contributed by atoms with Gasteiger partial charge in [0.15, 0.2) is 0 Å². The van der Waals surface area contributed by atoms with Gasteiger partial charge in [0.05, 0.1) is 16.4 Å². The number of fused-ring (bicyclic) bond motifs is 2. The van der Waals surface area contributed by atoms with Gasteiger partial charge in [0.25, 0.3) is 15.9 Å². The number of carbonyl (C=O) groups is 1. The summed E-state index contributed by atoms with van der Waals surface area (Å²) in [5, 5.41) is 27.9. The van der Waals surface area contributed by atoms with Crippen LogP contribution in [0, 0.1) is 0 Å². The van der Waals surface area contributed by atoms with Gasteiger partial charge in [0, 0.05) is 29.4 Å². The number of phenolic OH excluding ortho intramolecular Hbond substituents is 1. The van der Waals surface area contributed by atoms with Crippen molar-refractivity contribution in [1.82, 2.24) is 20.3 Å². The highest BCUT2D eigenvalue weighted by atomic mass is 35.5. The van der Waals surface area contributed by atoms with Crippen molar-refractivity contribution >= 4 is 60.8 Å². The number of aromatic nitrogens is 1. The van der Waals surface area contributed by atoms with E-state index in [1.165, 1.54) is 23.8 Å². The van der Waals surface area contributed by atoms with Crippen molar-refractivity contribution in [3.8, 4) is 5.75 Å². The van der Waals surface area contributed by atoms with E-state index in [4.69, 9.17) is 11.6 Å². The highest BCUT2D eigenvalue weighted by Gasteiger charge is 2.31. The van der Waals surface area contributed by atoms with E-state index < -0.39 is 22.0 Å². The molecular weight excluding hydrogens is 632 g/mol. The minimum absolute atomic E-state index is 0.0204. The predicted octanol–water partition coefficient (Wildman–Crippen LogP) is 3.65. The molecule has 3 aromatic carbocycles. The molecule has 0 fully saturated rings. The van der Waals surface area contributed by atoms with Crippen LogP contribution in [0.15, 0.2) is 70.4 Å². The number of hydrogen-bond donors (Lipinski definition) is 6. The number of benzene rings is 3. The highest BCUT2D eigenvalue weighted by Crippen LogP contribution is 2.31. The summed E-state index contributed by atoms with van der Waals surface area (Å²) < 4.78 is 24.8. The number of aliphatic hydroxyl groups is 1. The lowest BCUT2D eigenvalue weighted by Gasteiger charge is -2.13. The summed E-state index contributed by atoms with van der Waals surface area (Å²) in [5.41, 5.74) is 2.44. The van der Waals surface area contributed by atoms with Crippen molar-refractivity contribution in [2.75, 3.05) is 37.7 Å². The van der Waals surface area contributed by atoms with Crippen molar-refractivity contribution in [3.63, 3.8) is 0 Å². The van der Waals surface area contributed by atoms with E-state index in [-0.39, 0.29) is 21.1 Å². The number of aromatic amines is 1. The molecule has 10 nitrogen and oxygen atoms in total. The van der Waals surface area contributed by atoms with E-state index in [0.29, 0.717) is 22.3 Å². The lowest BCUT2D eigenvalue weighted by atomic mass is 10.1. The Kier molecular flexibility index (Phi) is 12.1. The predicted molar refractivity (Wildman–Crippen MR) is 173 cm³/mol. The van der Waals surface area contributed by atoms with Gasteiger partial charge in [0.1, 0.15) is 16.2 Å². The van der Waals surface area contributed by atoms with Crippen molar-refractivity contribution in [3.05, 3.63) is 92.0 Å². The Morgan fingerprint density at radius 2 is 1.72 bits per heavy atom. The molecule has 1 aliphatic heterocycles. The molecule has 0 unspecified atom stereocenters. The second kappa shape index (κ2) is 15.7. The van der Waals surface area contributed by atoms with Crippen LogP contribution < -0.4 is 20.2 Å². The number of amides is 1. The number of rotatable bonds is 13. The number of nitrogens with one attached hydrogen (secondary N) is 4. The Bertz CT molecular complexity index is 1710. The molecule has 0 radical (unpaired) electrons. The van der Waals surface area contributed by atoms with Crippen LogP contribution in [0.3, 0.4) is 0 Å². The average molecular weight is 665 g/mol. The van der Waals surface area contributed by atoms with Gasteiger partial charge in [-0.3, -0.25) is 9.59 Å². The molecule has 230 valence electrons. The minimum atomic E-state index is -3.55. The van der Waals surface area contributed by atoms with Crippen molar-refractivity contribution in [2.45, 2.75) is 23.8 Å². The number of thioether (sulfide) groups is 1. The van der Waals surface area contributed by atoms with E-state index in [0.717, 1.165) is 60.3 Å². The topological polar surface area (TPSA) is 161 Å². The average Bonchev–Trinajstić information content (AvgIpc) is 3.49. The van der Waals surface area contributed by atoms with Crippen LogP contribution >= 0.6 is 34.7 Å². The number of phenols is 1. The first-order valence-electron chi connectivity index (χ1n) is 13.6. The van der Waals surface area contributed by atoms with Gasteiger partial charge in [-0.2, -0.15) is 11.8 Å². The maximum atomic E-state index is 11.6. The van der Waals surface area contributed by atoms with Crippen LogP contribution in [0.1, 0.15) is 34.0 Å². The zero-order valence-corrected chi connectivity index (χ0v) is 26.3. The lowest BCUT2D eigenvalue weighted by Crippen LogP contribution is -2.24. The first-order chi connectivity index (χ1) is 20.7. The molecule has 0 bridgehead atoms. The third-order valence-corrected chi connectivity index (χ3v) is 10.3. The smallest absolute Gasteiger partial charge is 0.305 e. The fourth-order valence-corrected chi connectivity index (χ4v) is 7.53. The van der Waals surface area contributed by atoms with Crippen LogP contribution in [0.2, 0.25) is 5.02 Å². The number of halogens is 1. The molecule has 2 heterocycles. The molecule has 1 atom stereocenters. The zero-order valence-electron chi connectivity index (χ0n) is 23.1. The van der Waals surface area contributed by atoms with E-state index in [9.17, 15) is 28.2 Å². The molecule has 5 rings (SSSR count). The van der Waals surface area contributed by atoms with Crippen LogP contribution in [-0.2, 0) is 16.4 Å². The Hall–Kier alpha value is -2.91. The molecule has 43 heavy (non-hydrogen) atoms. The molecule has 14 heteroatoms. The number of H-pyrrole nitrogens is 1. The van der Waals surface area contributed by atoms with Gasteiger partial charge in [-0.25, -0.2) is 13.1 Å². The molecule has 1 aliphatic rings. The molecule has 0 aliphatic carbocycles. The third-order valence-electron chi connectivity index (χ3n) is 6.53. The quantitative estimate of drug-likeness (QED) is 0.117. The summed E-state index contributed by atoms with van der Waals surface area (Å²) in [6, 6.07) is 17.2. The normalized spacial score (nSPS) is 14.1. The second-order valence-electron chi connectivity index (χ2n) is 9.60. The Labute approximate surface area is 262 Å². The number of hydrogen-bond acceptors (Lipinski definition) is 10. The lowest BCUT2D eigenvalue weighted by molar-refractivity contribution is 0.0985. The third kappa shape index (κ3) is 9.05. The Morgan fingerprint density at radius 1 is 0.953 bits per heavy atom. The van der Waals surface area contributed by atoms with Gasteiger partial charge >= 0.3 is 4.87 Å². The maximum absolute atomic E-state index is 11.6. The SMILES string of the molecule is O=C1NS(=O)(=O)c2ccccc21.O=c1[nH]c2c(O)ccc([C@@H](O)CNCCSCCCNCCc3ccccc3Cl)c2s1. The summed E-state index contributed by atoms with van der Waals surface area (Å²) in [6.07, 6.45) is 1.31. The molecule has 0 spiro atoms. The summed E-state index contributed by atoms with van der Waals surface area (Å²) in [6.45, 7) is 3.11. The van der Waals surface area contributed by atoms with E-state index in [1.807, 2.05) is 34.7 Å². The molecule has 1 amide bonds. The van der Waals surface area contributed by atoms with Gasteiger partial charge in [0.2, 0.25) is 0 Å². The van der Waals surface area contributed by atoms with E-state index >= 15 is 0 Å². The minimum Gasteiger partial charge on any atom is -0.506 e. The van der Waals surface area contributed by atoms with Crippen LogP contribution in [0.5, 0.6) is 5.75 Å². The molecular formula is C29H33ClN4O6S3. The molecule has 0 saturated heterocycles. The van der Waals surface area contributed by atoms with Crippen molar-refractivity contribution < 1.29 is 23.4 Å². The molecule has 6 N–H and O–H groups in total. The standard InChI is InChI=1S/C22H28ClN3O3S2.C7H5NO3S/c23-17-5-2-1-4-15(17)8-10-24-9-3-12-30-13-11-25-14-19(28)16-6-7-18(27)20-21(16)31-22(29)26-20;9-7-5-3-1-2-4-6(5)12(10,11)8-7/h1-2,4-7,19,24-25,27-28H,3,8-14H2,(H,26,29);1-4H,(H,8,9)/t19-;/m0./s1. The summed E-state index contributed by atoms with van der Waals surface area (Å²) in [5.74, 6) is 1.52. The van der Waals surface area contributed by atoms with E-state index in [2.05, 4.69) is 21.7 Å². The highest BCUT2D eigenvalue weighted by molar-refractivity contribution is 7.99. The van der Waals surface area contributed by atoms with Crippen LogP contribution in [-0.4, -0.2) is 67.2 Å². The number of carbonyl (C=O) groups excluding carboxylic acids is 1. The van der Waals surface area contributed by atoms with Crippen LogP contribution in [0.4, 0.5) is 0 Å². The molecule has 4 aromatic rings. The number of aliphatic hydroxyl groups excluding tert-OH is 1. The molecule has 0 saturated carbocycles. The first kappa shape index (κ1) is 33.0. The Morgan fingerprint density at radius 3 is 2.51 bits per heavy atom. The van der Waals surface area contributed by atoms with Crippen molar-refractivity contribution in [1.29, 1.82) is 0 Å². The van der Waals surface area contributed by atoms with Crippen LogP contribution in [0.25, 0.3) is 10.2 Å². The van der Waals surface area contributed by atoms with Gasteiger partial charge in [-0.15, -0.1) is 0 Å².